The summed E-state index contributed by atoms with van der Waals surface area (Å²) >= 11 is 0. The molecule has 0 amide bonds. The average Bonchev–Trinajstić information content (AvgIpc) is 2.54. The second kappa shape index (κ2) is 4.59. The van der Waals surface area contributed by atoms with Crippen LogP contribution < -0.4 is 5.32 Å². The van der Waals surface area contributed by atoms with Gasteiger partial charge in [-0.05, 0) is 48.1 Å². The van der Waals surface area contributed by atoms with E-state index in [0.717, 1.165) is 18.2 Å². The minimum Gasteiger partial charge on any atom is -0.308 e. The smallest absolute Gasteiger partial charge is 0.0541 e. The lowest BCUT2D eigenvalue weighted by Gasteiger charge is -2.48. The molecule has 2 fully saturated rings. The molecule has 106 valence electrons. The maximum Gasteiger partial charge on any atom is 0.0541 e. The molecule has 2 unspecified atom stereocenters. The van der Waals surface area contributed by atoms with Gasteiger partial charge < -0.3 is 5.32 Å². The minimum atomic E-state index is 0. The summed E-state index contributed by atoms with van der Waals surface area (Å²) in [6.45, 7) is 8.38. The summed E-state index contributed by atoms with van der Waals surface area (Å²) < 4.78 is 0. The predicted octanol–water partition coefficient (Wildman–Crippen LogP) is 4.02. The summed E-state index contributed by atoms with van der Waals surface area (Å²) in [5, 5.41) is 3.80. The van der Waals surface area contributed by atoms with E-state index in [2.05, 4.69) is 43.2 Å². The second-order valence-corrected chi connectivity index (χ2v) is 7.22. The largest absolute Gasteiger partial charge is 0.308 e. The average molecular weight is 260 g/mol. The molecule has 19 heavy (non-hydrogen) atoms. The van der Waals surface area contributed by atoms with E-state index < -0.39 is 0 Å². The van der Waals surface area contributed by atoms with Crippen molar-refractivity contribution in [3.05, 3.63) is 30.1 Å². The van der Waals surface area contributed by atoms with E-state index in [0.29, 0.717) is 16.9 Å². The summed E-state index contributed by atoms with van der Waals surface area (Å²) in [4.78, 5) is 4.42. The Morgan fingerprint density at radius 1 is 1.37 bits per heavy atom. The van der Waals surface area contributed by atoms with Crippen LogP contribution in [0.1, 0.15) is 53.6 Å². The van der Waals surface area contributed by atoms with Crippen LogP contribution in [0.4, 0.5) is 0 Å². The van der Waals surface area contributed by atoms with Crippen molar-refractivity contribution in [3.8, 4) is 0 Å². The number of rotatable bonds is 3. The van der Waals surface area contributed by atoms with Crippen LogP contribution in [0.3, 0.4) is 0 Å². The van der Waals surface area contributed by atoms with E-state index in [9.17, 15) is 0 Å². The van der Waals surface area contributed by atoms with Crippen LogP contribution in [0.5, 0.6) is 0 Å². The molecule has 2 bridgehead atoms. The van der Waals surface area contributed by atoms with Crippen molar-refractivity contribution in [3.63, 3.8) is 0 Å². The van der Waals surface area contributed by atoms with Crippen molar-refractivity contribution >= 4 is 0 Å². The van der Waals surface area contributed by atoms with E-state index in [1.54, 1.807) is 0 Å². The van der Waals surface area contributed by atoms with Gasteiger partial charge >= 0.3 is 0 Å². The molecule has 3 atom stereocenters. The van der Waals surface area contributed by atoms with Gasteiger partial charge in [0, 0.05) is 20.2 Å². The van der Waals surface area contributed by atoms with Gasteiger partial charge in [0.15, 0.2) is 0 Å². The molecule has 2 aliphatic carbocycles. The Balaban J connectivity index is 0.00000147. The van der Waals surface area contributed by atoms with Crippen molar-refractivity contribution in [2.75, 3.05) is 0 Å². The molecule has 1 heterocycles. The number of aromatic nitrogens is 1. The van der Waals surface area contributed by atoms with Gasteiger partial charge in [0.25, 0.3) is 0 Å². The van der Waals surface area contributed by atoms with Gasteiger partial charge in [0.1, 0.15) is 0 Å². The maximum absolute atomic E-state index is 4.42. The van der Waals surface area contributed by atoms with Gasteiger partial charge in [-0.15, -0.1) is 0 Å². The van der Waals surface area contributed by atoms with Crippen LogP contribution in [-0.2, 0) is 6.54 Å². The third-order valence-electron chi connectivity index (χ3n) is 6.29. The van der Waals surface area contributed by atoms with E-state index in [-0.39, 0.29) is 1.43 Å². The van der Waals surface area contributed by atoms with Gasteiger partial charge in [0.2, 0.25) is 0 Å². The second-order valence-electron chi connectivity index (χ2n) is 7.22. The number of fused-ring (bicyclic) bond motifs is 2. The van der Waals surface area contributed by atoms with Crippen molar-refractivity contribution in [1.29, 1.82) is 0 Å². The normalized spacial score (nSPS) is 36.4. The van der Waals surface area contributed by atoms with Crippen LogP contribution in [0, 0.1) is 16.7 Å². The summed E-state index contributed by atoms with van der Waals surface area (Å²) in [6, 6.07) is 6.82. The predicted molar refractivity (Wildman–Crippen MR) is 80.8 cm³/mol. The lowest BCUT2D eigenvalue weighted by atomic mass is 9.58. The van der Waals surface area contributed by atoms with Crippen LogP contribution in [0.2, 0.25) is 0 Å². The van der Waals surface area contributed by atoms with Crippen molar-refractivity contribution in [2.24, 2.45) is 16.7 Å². The Kier molecular flexibility index (Phi) is 3.17. The molecule has 2 nitrogen and oxygen atoms in total. The Hall–Kier alpha value is -0.890. The topological polar surface area (TPSA) is 24.9 Å². The molecule has 1 aromatic rings. The molecule has 3 rings (SSSR count). The lowest BCUT2D eigenvalue weighted by molar-refractivity contribution is 0.0242. The molecular weight excluding hydrogens is 232 g/mol. The molecule has 0 aromatic carbocycles. The highest BCUT2D eigenvalue weighted by Crippen LogP contribution is 2.62. The van der Waals surface area contributed by atoms with Gasteiger partial charge in [-0.1, -0.05) is 33.3 Å². The number of nitrogens with zero attached hydrogens (tertiary/aromatic N) is 1. The molecule has 0 aliphatic heterocycles. The first-order valence-electron chi connectivity index (χ1n) is 7.67. The fourth-order valence-corrected chi connectivity index (χ4v) is 4.48. The highest BCUT2D eigenvalue weighted by molar-refractivity contribution is 5.11. The highest BCUT2D eigenvalue weighted by Gasteiger charge is 2.58. The Morgan fingerprint density at radius 2 is 2.21 bits per heavy atom. The fraction of sp³-hybridized carbons (Fsp3) is 0.706. The first-order chi connectivity index (χ1) is 9.04. The monoisotopic (exact) mass is 260 g/mol. The SMILES string of the molecule is CC1(C)C2CCC[C@@]1(C)C(NCc1ccccn1)C2.[HH]. The number of pyridine rings is 1. The molecule has 2 saturated carbocycles. The summed E-state index contributed by atoms with van der Waals surface area (Å²) in [7, 11) is 0. The van der Waals surface area contributed by atoms with E-state index in [1.165, 1.54) is 25.7 Å². The van der Waals surface area contributed by atoms with E-state index in [4.69, 9.17) is 0 Å². The Morgan fingerprint density at radius 3 is 2.89 bits per heavy atom. The zero-order valence-corrected chi connectivity index (χ0v) is 12.4. The van der Waals surface area contributed by atoms with E-state index >= 15 is 0 Å². The van der Waals surface area contributed by atoms with Crippen molar-refractivity contribution in [2.45, 2.75) is 59.0 Å². The number of hydrogen-bond acceptors (Lipinski definition) is 2. The van der Waals surface area contributed by atoms with Crippen LogP contribution in [0.15, 0.2) is 24.4 Å². The van der Waals surface area contributed by atoms with Crippen LogP contribution in [-0.4, -0.2) is 11.0 Å². The first-order valence-corrected chi connectivity index (χ1v) is 7.67. The molecule has 0 radical (unpaired) electrons. The molecule has 2 aliphatic rings. The third-order valence-corrected chi connectivity index (χ3v) is 6.29. The number of nitrogens with one attached hydrogen (secondary N) is 1. The summed E-state index contributed by atoms with van der Waals surface area (Å²) in [5.41, 5.74) is 2.09. The lowest BCUT2D eigenvalue weighted by Crippen LogP contribution is -2.47. The molecule has 1 aromatic heterocycles. The molecule has 1 N–H and O–H groups in total. The number of hydrogen-bond donors (Lipinski definition) is 1. The van der Waals surface area contributed by atoms with Gasteiger partial charge in [-0.2, -0.15) is 0 Å². The summed E-state index contributed by atoms with van der Waals surface area (Å²) in [5.74, 6) is 0.896. The fourth-order valence-electron chi connectivity index (χ4n) is 4.48. The van der Waals surface area contributed by atoms with E-state index in [1.807, 2.05) is 12.3 Å². The quantitative estimate of drug-likeness (QED) is 0.888. The zero-order chi connectivity index (χ0) is 13.5. The van der Waals surface area contributed by atoms with Crippen molar-refractivity contribution < 1.29 is 1.43 Å². The molecule has 0 spiro atoms. The Bertz CT molecular complexity index is 446. The molecular formula is C17H28N2. The molecule has 0 saturated heterocycles. The zero-order valence-electron chi connectivity index (χ0n) is 12.4. The summed E-state index contributed by atoms with van der Waals surface area (Å²) in [6.07, 6.45) is 7.43. The molecule has 2 heteroatoms. The van der Waals surface area contributed by atoms with Gasteiger partial charge in [-0.3, -0.25) is 4.98 Å². The highest BCUT2D eigenvalue weighted by atomic mass is 15.0. The van der Waals surface area contributed by atoms with Gasteiger partial charge in [-0.25, -0.2) is 0 Å². The van der Waals surface area contributed by atoms with Crippen LogP contribution >= 0.6 is 0 Å². The minimum absolute atomic E-state index is 0. The van der Waals surface area contributed by atoms with Gasteiger partial charge in [0.05, 0.1) is 5.69 Å². The third kappa shape index (κ3) is 2.01. The van der Waals surface area contributed by atoms with Crippen LogP contribution in [0.25, 0.3) is 0 Å². The first kappa shape index (κ1) is 13.1. The Labute approximate surface area is 118 Å². The van der Waals surface area contributed by atoms with Crippen molar-refractivity contribution in [1.82, 2.24) is 10.3 Å². The maximum atomic E-state index is 4.42. The standard InChI is InChI=1S/C17H26N2.H2/c1-16(2)13-7-6-9-17(16,3)15(11-13)19-12-14-8-4-5-10-18-14;/h4-5,8,10,13,15,19H,6-7,9,11-12H2,1-3H3;1H/t13?,15?,17-;/m0./s1.